The number of rotatable bonds is 9. The van der Waals surface area contributed by atoms with Crippen molar-refractivity contribution in [2.24, 2.45) is 4.99 Å². The number of aliphatic imine (C=N–C) groups is 1. The number of nitrogens with zero attached hydrogens (tertiary/aromatic N) is 1. The molecule has 142 valence electrons. The lowest BCUT2D eigenvalue weighted by Gasteiger charge is -2.12. The Morgan fingerprint density at radius 2 is 1.76 bits per heavy atom. The van der Waals surface area contributed by atoms with E-state index < -0.39 is 0 Å². The molecule has 0 unspecified atom stereocenters. The predicted octanol–water partition coefficient (Wildman–Crippen LogP) is 1.56. The summed E-state index contributed by atoms with van der Waals surface area (Å²) in [6, 6.07) is 5.87. The zero-order chi connectivity index (χ0) is 17.8. The number of carbonyl (C=O) groups excluding carboxylic acids is 1. The molecule has 0 heterocycles. The number of hydrogen-bond donors (Lipinski definition) is 3. The van der Waals surface area contributed by atoms with Crippen LogP contribution in [0.15, 0.2) is 23.2 Å². The molecule has 0 fully saturated rings. The van der Waals surface area contributed by atoms with Gasteiger partial charge in [0.25, 0.3) is 0 Å². The minimum absolute atomic E-state index is 0. The summed E-state index contributed by atoms with van der Waals surface area (Å²) in [5, 5.41) is 9.10. The number of nitrogens with one attached hydrogen (secondary N) is 3. The molecule has 25 heavy (non-hydrogen) atoms. The first-order valence-electron chi connectivity index (χ1n) is 8.08. The molecule has 0 saturated heterocycles. The van der Waals surface area contributed by atoms with Crippen molar-refractivity contribution in [3.8, 4) is 11.5 Å². The van der Waals surface area contributed by atoms with E-state index in [0.717, 1.165) is 36.0 Å². The Morgan fingerprint density at radius 3 is 2.36 bits per heavy atom. The van der Waals surface area contributed by atoms with E-state index in [9.17, 15) is 4.79 Å². The van der Waals surface area contributed by atoms with Gasteiger partial charge in [-0.1, -0.05) is 6.07 Å². The van der Waals surface area contributed by atoms with Gasteiger partial charge in [-0.15, -0.1) is 24.0 Å². The molecular weight excluding hydrogens is 435 g/mol. The van der Waals surface area contributed by atoms with E-state index in [1.54, 1.807) is 14.2 Å². The highest BCUT2D eigenvalue weighted by Crippen LogP contribution is 2.27. The molecule has 0 aromatic heterocycles. The first-order chi connectivity index (χ1) is 11.6. The van der Waals surface area contributed by atoms with Gasteiger partial charge < -0.3 is 25.4 Å². The van der Waals surface area contributed by atoms with Crippen molar-refractivity contribution in [3.63, 3.8) is 0 Å². The first kappa shape index (κ1) is 23.3. The van der Waals surface area contributed by atoms with Crippen LogP contribution in [0.2, 0.25) is 0 Å². The van der Waals surface area contributed by atoms with Crippen LogP contribution in [0.1, 0.15) is 19.4 Å². The molecule has 7 nitrogen and oxygen atoms in total. The van der Waals surface area contributed by atoms with Crippen molar-refractivity contribution in [1.82, 2.24) is 16.0 Å². The third kappa shape index (κ3) is 9.37. The second-order valence-electron chi connectivity index (χ2n) is 5.11. The van der Waals surface area contributed by atoms with Crippen molar-refractivity contribution in [2.45, 2.75) is 20.3 Å². The molecule has 1 aromatic rings. The summed E-state index contributed by atoms with van der Waals surface area (Å²) in [5.74, 6) is 2.15. The van der Waals surface area contributed by atoms with E-state index in [4.69, 9.17) is 9.47 Å². The Kier molecular flexibility index (Phi) is 12.6. The summed E-state index contributed by atoms with van der Waals surface area (Å²) in [7, 11) is 3.25. The zero-order valence-electron chi connectivity index (χ0n) is 15.3. The van der Waals surface area contributed by atoms with Crippen molar-refractivity contribution in [3.05, 3.63) is 23.8 Å². The lowest BCUT2D eigenvalue weighted by atomic mass is 10.1. The van der Waals surface area contributed by atoms with E-state index >= 15 is 0 Å². The molecule has 0 saturated carbocycles. The van der Waals surface area contributed by atoms with Crippen LogP contribution in [0.25, 0.3) is 0 Å². The molecule has 0 aliphatic rings. The molecule has 0 aliphatic carbocycles. The number of guanidine groups is 1. The first-order valence-corrected chi connectivity index (χ1v) is 8.08. The maximum atomic E-state index is 10.8. The number of ether oxygens (including phenoxy) is 2. The highest BCUT2D eigenvalue weighted by Gasteiger charge is 2.04. The third-order valence-electron chi connectivity index (χ3n) is 3.25. The zero-order valence-corrected chi connectivity index (χ0v) is 17.7. The maximum Gasteiger partial charge on any atom is 0.216 e. The fourth-order valence-corrected chi connectivity index (χ4v) is 2.09. The number of carbonyl (C=O) groups is 1. The molecule has 1 amide bonds. The van der Waals surface area contributed by atoms with Gasteiger partial charge in [0.05, 0.1) is 14.2 Å². The van der Waals surface area contributed by atoms with Crippen LogP contribution in [-0.2, 0) is 11.2 Å². The van der Waals surface area contributed by atoms with Gasteiger partial charge in [-0.3, -0.25) is 9.79 Å². The van der Waals surface area contributed by atoms with Gasteiger partial charge in [0.1, 0.15) is 0 Å². The van der Waals surface area contributed by atoms with Gasteiger partial charge in [0, 0.05) is 33.1 Å². The predicted molar refractivity (Wildman–Crippen MR) is 111 cm³/mol. The second kappa shape index (κ2) is 13.6. The Bertz CT molecular complexity index is 553. The monoisotopic (exact) mass is 464 g/mol. The fourth-order valence-electron chi connectivity index (χ4n) is 2.09. The number of halogens is 1. The van der Waals surface area contributed by atoms with E-state index in [2.05, 4.69) is 20.9 Å². The van der Waals surface area contributed by atoms with E-state index in [-0.39, 0.29) is 29.9 Å². The fraction of sp³-hybridized carbons (Fsp3) is 0.529. The summed E-state index contributed by atoms with van der Waals surface area (Å²) in [6.45, 7) is 6.13. The molecule has 1 rings (SSSR count). The Balaban J connectivity index is 0.00000576. The smallest absolute Gasteiger partial charge is 0.216 e. The summed E-state index contributed by atoms with van der Waals surface area (Å²) in [4.78, 5) is 15.4. The number of methoxy groups -OCH3 is 2. The standard InChI is InChI=1S/C17H28N4O3.HI/c1-5-18-17(21-11-10-19-13(2)22)20-9-8-14-6-7-15(23-3)16(12-14)24-4;/h6-7,12H,5,8-11H2,1-4H3,(H,19,22)(H2,18,20,21);1H. The summed E-state index contributed by atoms with van der Waals surface area (Å²) < 4.78 is 10.5. The topological polar surface area (TPSA) is 84.0 Å². The molecule has 0 aliphatic heterocycles. The largest absolute Gasteiger partial charge is 0.493 e. The Labute approximate surface area is 167 Å². The molecule has 1 aromatic carbocycles. The molecule has 0 spiro atoms. The minimum Gasteiger partial charge on any atom is -0.493 e. The molecule has 0 radical (unpaired) electrons. The number of hydrogen-bond acceptors (Lipinski definition) is 4. The Morgan fingerprint density at radius 1 is 1.08 bits per heavy atom. The maximum absolute atomic E-state index is 10.8. The summed E-state index contributed by atoms with van der Waals surface area (Å²) in [5.41, 5.74) is 1.13. The normalized spacial score (nSPS) is 10.5. The second-order valence-corrected chi connectivity index (χ2v) is 5.11. The van der Waals surface area contributed by atoms with Crippen LogP contribution >= 0.6 is 24.0 Å². The summed E-state index contributed by atoms with van der Waals surface area (Å²) >= 11 is 0. The van der Waals surface area contributed by atoms with Crippen molar-refractivity contribution >= 4 is 35.8 Å². The van der Waals surface area contributed by atoms with Crippen LogP contribution in [0.3, 0.4) is 0 Å². The van der Waals surface area contributed by atoms with Gasteiger partial charge in [0.15, 0.2) is 17.5 Å². The molecular formula is C17H29IN4O3. The summed E-state index contributed by atoms with van der Waals surface area (Å²) in [6.07, 6.45) is 0.794. The van der Waals surface area contributed by atoms with Crippen molar-refractivity contribution < 1.29 is 14.3 Å². The highest BCUT2D eigenvalue weighted by molar-refractivity contribution is 14.0. The molecule has 0 bridgehead atoms. The van der Waals surface area contributed by atoms with Gasteiger partial charge in [-0.05, 0) is 31.0 Å². The molecule has 8 heteroatoms. The average Bonchev–Trinajstić information content (AvgIpc) is 2.58. The lowest BCUT2D eigenvalue weighted by Crippen LogP contribution is -2.41. The molecule has 0 atom stereocenters. The van der Waals surface area contributed by atoms with Crippen LogP contribution in [0.5, 0.6) is 11.5 Å². The number of benzene rings is 1. The van der Waals surface area contributed by atoms with E-state index in [1.165, 1.54) is 6.92 Å². The third-order valence-corrected chi connectivity index (χ3v) is 3.25. The van der Waals surface area contributed by atoms with Crippen LogP contribution in [-0.4, -0.2) is 52.3 Å². The van der Waals surface area contributed by atoms with Gasteiger partial charge >= 0.3 is 0 Å². The van der Waals surface area contributed by atoms with Gasteiger partial charge in [-0.25, -0.2) is 0 Å². The average molecular weight is 464 g/mol. The number of amides is 1. The van der Waals surface area contributed by atoms with E-state index in [1.807, 2.05) is 25.1 Å². The highest BCUT2D eigenvalue weighted by atomic mass is 127. The van der Waals surface area contributed by atoms with Crippen LogP contribution in [0.4, 0.5) is 0 Å². The van der Waals surface area contributed by atoms with Crippen LogP contribution in [0, 0.1) is 0 Å². The van der Waals surface area contributed by atoms with Crippen molar-refractivity contribution in [2.75, 3.05) is 40.4 Å². The van der Waals surface area contributed by atoms with Gasteiger partial charge in [-0.2, -0.15) is 0 Å². The SMILES string of the molecule is CCNC(=NCCc1ccc(OC)c(OC)c1)NCCNC(C)=O.I. The molecule has 3 N–H and O–H groups in total. The van der Waals surface area contributed by atoms with Gasteiger partial charge in [0.2, 0.25) is 5.91 Å². The quantitative estimate of drug-likeness (QED) is 0.224. The minimum atomic E-state index is -0.0350. The lowest BCUT2D eigenvalue weighted by molar-refractivity contribution is -0.118. The van der Waals surface area contributed by atoms with E-state index in [0.29, 0.717) is 19.6 Å². The van der Waals surface area contributed by atoms with Crippen LogP contribution < -0.4 is 25.4 Å². The Hall–Kier alpha value is -1.71. The van der Waals surface area contributed by atoms with Crippen molar-refractivity contribution in [1.29, 1.82) is 0 Å².